The summed E-state index contributed by atoms with van der Waals surface area (Å²) < 4.78 is 11.5. The SMILES string of the molecule is OCC1(C(O)Cc2ccccc2)CCC2(CC1)OCCO2. The first kappa shape index (κ1) is 15.0. The van der Waals surface area contributed by atoms with Gasteiger partial charge in [-0.25, -0.2) is 0 Å². The molecule has 0 aromatic heterocycles. The summed E-state index contributed by atoms with van der Waals surface area (Å²) in [6.45, 7) is 1.31. The Balaban J connectivity index is 1.66. The molecular weight excluding hydrogens is 268 g/mol. The van der Waals surface area contributed by atoms with Crippen molar-refractivity contribution >= 4 is 0 Å². The highest BCUT2D eigenvalue weighted by atomic mass is 16.7. The average Bonchev–Trinajstić information content (AvgIpc) is 2.98. The lowest BCUT2D eigenvalue weighted by Gasteiger charge is -2.45. The smallest absolute Gasteiger partial charge is 0.168 e. The van der Waals surface area contributed by atoms with Crippen LogP contribution in [-0.2, 0) is 15.9 Å². The lowest BCUT2D eigenvalue weighted by Crippen LogP contribution is -2.48. The zero-order chi connectivity index (χ0) is 14.8. The van der Waals surface area contributed by atoms with Crippen LogP contribution in [0.5, 0.6) is 0 Å². The largest absolute Gasteiger partial charge is 0.396 e. The van der Waals surface area contributed by atoms with E-state index in [1.807, 2.05) is 30.3 Å². The van der Waals surface area contributed by atoms with Gasteiger partial charge in [-0.1, -0.05) is 30.3 Å². The third-order valence-corrected chi connectivity index (χ3v) is 5.11. The van der Waals surface area contributed by atoms with E-state index in [2.05, 4.69) is 0 Å². The molecule has 2 fully saturated rings. The van der Waals surface area contributed by atoms with E-state index in [9.17, 15) is 10.2 Å². The van der Waals surface area contributed by atoms with Gasteiger partial charge >= 0.3 is 0 Å². The second-order valence-electron chi connectivity index (χ2n) is 6.33. The van der Waals surface area contributed by atoms with Gasteiger partial charge in [0.1, 0.15) is 0 Å². The fraction of sp³-hybridized carbons (Fsp3) is 0.647. The van der Waals surface area contributed by atoms with Crippen LogP contribution in [0.4, 0.5) is 0 Å². The molecule has 4 nitrogen and oxygen atoms in total. The normalized spacial score (nSPS) is 25.0. The van der Waals surface area contributed by atoms with Crippen LogP contribution in [0.25, 0.3) is 0 Å². The maximum atomic E-state index is 10.7. The molecule has 2 N–H and O–H groups in total. The van der Waals surface area contributed by atoms with E-state index >= 15 is 0 Å². The van der Waals surface area contributed by atoms with E-state index in [0.29, 0.717) is 19.6 Å². The van der Waals surface area contributed by atoms with Crippen LogP contribution in [-0.4, -0.2) is 41.9 Å². The summed E-state index contributed by atoms with van der Waals surface area (Å²) in [4.78, 5) is 0. The zero-order valence-corrected chi connectivity index (χ0v) is 12.3. The molecule has 1 atom stereocenters. The third kappa shape index (κ3) is 2.99. The minimum absolute atomic E-state index is 0.0110. The van der Waals surface area contributed by atoms with Crippen LogP contribution in [0.1, 0.15) is 31.2 Å². The first-order valence-electron chi connectivity index (χ1n) is 7.79. The monoisotopic (exact) mass is 292 g/mol. The van der Waals surface area contributed by atoms with Crippen molar-refractivity contribution < 1.29 is 19.7 Å². The van der Waals surface area contributed by atoms with Gasteiger partial charge in [-0.3, -0.25) is 0 Å². The van der Waals surface area contributed by atoms with E-state index in [1.54, 1.807) is 0 Å². The topological polar surface area (TPSA) is 58.9 Å². The van der Waals surface area contributed by atoms with E-state index < -0.39 is 17.3 Å². The lowest BCUT2D eigenvalue weighted by atomic mass is 9.67. The molecule has 1 aromatic rings. The van der Waals surface area contributed by atoms with Crippen molar-refractivity contribution in [3.05, 3.63) is 35.9 Å². The molecule has 4 heteroatoms. The maximum absolute atomic E-state index is 10.7. The molecule has 116 valence electrons. The van der Waals surface area contributed by atoms with Crippen molar-refractivity contribution in [3.63, 3.8) is 0 Å². The summed E-state index contributed by atoms with van der Waals surface area (Å²) in [7, 11) is 0. The molecule has 2 aliphatic rings. The zero-order valence-electron chi connectivity index (χ0n) is 12.3. The molecule has 21 heavy (non-hydrogen) atoms. The fourth-order valence-corrected chi connectivity index (χ4v) is 3.57. The first-order chi connectivity index (χ1) is 10.2. The molecule has 0 radical (unpaired) electrons. The molecule has 1 saturated carbocycles. The number of hydrogen-bond acceptors (Lipinski definition) is 4. The maximum Gasteiger partial charge on any atom is 0.168 e. The molecule has 1 spiro atoms. The molecule has 3 rings (SSSR count). The average molecular weight is 292 g/mol. The van der Waals surface area contributed by atoms with Crippen LogP contribution >= 0.6 is 0 Å². The van der Waals surface area contributed by atoms with Gasteiger partial charge in [0.2, 0.25) is 0 Å². The first-order valence-corrected chi connectivity index (χ1v) is 7.79. The highest BCUT2D eigenvalue weighted by molar-refractivity contribution is 5.16. The highest BCUT2D eigenvalue weighted by Gasteiger charge is 2.48. The number of ether oxygens (including phenoxy) is 2. The molecule has 1 aliphatic carbocycles. The summed E-state index contributed by atoms with van der Waals surface area (Å²) in [6, 6.07) is 9.95. The number of aliphatic hydroxyl groups excluding tert-OH is 2. The Labute approximate surface area is 125 Å². The highest BCUT2D eigenvalue weighted by Crippen LogP contribution is 2.46. The molecule has 1 heterocycles. The number of hydrogen-bond donors (Lipinski definition) is 2. The van der Waals surface area contributed by atoms with E-state index in [4.69, 9.17) is 9.47 Å². The van der Waals surface area contributed by atoms with Gasteiger partial charge in [0.05, 0.1) is 25.9 Å². The Morgan fingerprint density at radius 2 is 1.62 bits per heavy atom. The van der Waals surface area contributed by atoms with Crippen LogP contribution < -0.4 is 0 Å². The van der Waals surface area contributed by atoms with Crippen LogP contribution in [0.2, 0.25) is 0 Å². The molecule has 1 unspecified atom stereocenters. The van der Waals surface area contributed by atoms with E-state index in [1.165, 1.54) is 0 Å². The Kier molecular flexibility index (Phi) is 4.31. The molecular formula is C17H24O4. The third-order valence-electron chi connectivity index (χ3n) is 5.11. The van der Waals surface area contributed by atoms with Crippen molar-refractivity contribution in [1.29, 1.82) is 0 Å². The van der Waals surface area contributed by atoms with Gasteiger partial charge < -0.3 is 19.7 Å². The second kappa shape index (κ2) is 6.05. The van der Waals surface area contributed by atoms with Gasteiger partial charge in [0, 0.05) is 18.3 Å². The summed E-state index contributed by atoms with van der Waals surface area (Å²) in [5.41, 5.74) is 0.669. The van der Waals surface area contributed by atoms with Crippen LogP contribution in [0.3, 0.4) is 0 Å². The Bertz CT molecular complexity index is 443. The van der Waals surface area contributed by atoms with Crippen LogP contribution in [0, 0.1) is 5.41 Å². The Morgan fingerprint density at radius 1 is 1.00 bits per heavy atom. The quantitative estimate of drug-likeness (QED) is 0.889. The minimum Gasteiger partial charge on any atom is -0.396 e. The standard InChI is InChI=1S/C17H24O4/c18-13-16(15(19)12-14-4-2-1-3-5-14)6-8-17(9-7-16)20-10-11-21-17/h1-5,15,18-19H,6-13H2. The predicted molar refractivity (Wildman–Crippen MR) is 78.8 cm³/mol. The van der Waals surface area contributed by atoms with Gasteiger partial charge in [0.15, 0.2) is 5.79 Å². The van der Waals surface area contributed by atoms with E-state index in [-0.39, 0.29) is 6.61 Å². The Morgan fingerprint density at radius 3 is 2.19 bits per heavy atom. The summed E-state index contributed by atoms with van der Waals surface area (Å²) in [5.74, 6) is -0.453. The molecule has 1 aromatic carbocycles. The van der Waals surface area contributed by atoms with Crippen molar-refractivity contribution in [2.45, 2.75) is 44.0 Å². The summed E-state index contributed by atoms with van der Waals surface area (Å²) in [6.07, 6.45) is 3.01. The van der Waals surface area contributed by atoms with E-state index in [0.717, 1.165) is 31.2 Å². The summed E-state index contributed by atoms with van der Waals surface area (Å²) >= 11 is 0. The van der Waals surface area contributed by atoms with Crippen molar-refractivity contribution in [2.75, 3.05) is 19.8 Å². The molecule has 0 bridgehead atoms. The number of rotatable bonds is 4. The van der Waals surface area contributed by atoms with Crippen molar-refractivity contribution in [1.82, 2.24) is 0 Å². The van der Waals surface area contributed by atoms with Gasteiger partial charge in [-0.05, 0) is 24.8 Å². The van der Waals surface area contributed by atoms with Crippen LogP contribution in [0.15, 0.2) is 30.3 Å². The molecule has 1 saturated heterocycles. The lowest BCUT2D eigenvalue weighted by molar-refractivity contribution is -0.205. The number of benzene rings is 1. The molecule has 0 amide bonds. The van der Waals surface area contributed by atoms with Gasteiger partial charge in [0.25, 0.3) is 0 Å². The predicted octanol–water partition coefficient (Wildman–Crippen LogP) is 1.89. The van der Waals surface area contributed by atoms with Gasteiger partial charge in [-0.15, -0.1) is 0 Å². The van der Waals surface area contributed by atoms with Crippen molar-refractivity contribution in [3.8, 4) is 0 Å². The second-order valence-corrected chi connectivity index (χ2v) is 6.33. The van der Waals surface area contributed by atoms with Crippen molar-refractivity contribution in [2.24, 2.45) is 5.41 Å². The fourth-order valence-electron chi connectivity index (χ4n) is 3.57. The molecule has 1 aliphatic heterocycles. The summed E-state index contributed by atoms with van der Waals surface area (Å²) in [5, 5.41) is 20.5. The van der Waals surface area contributed by atoms with Gasteiger partial charge in [-0.2, -0.15) is 0 Å². The minimum atomic E-state index is -0.538. The number of aliphatic hydroxyl groups is 2. The Hall–Kier alpha value is -0.940.